The second kappa shape index (κ2) is 3.43. The number of aromatic amines is 1. The zero-order valence-corrected chi connectivity index (χ0v) is 10.4. The number of benzene rings is 1. The lowest BCUT2D eigenvalue weighted by atomic mass is 9.91. The van der Waals surface area contributed by atoms with E-state index in [-0.39, 0.29) is 5.41 Å². The lowest BCUT2D eigenvalue weighted by Gasteiger charge is -2.14. The third-order valence-corrected chi connectivity index (χ3v) is 3.11. The third-order valence-electron chi connectivity index (χ3n) is 2.62. The van der Waals surface area contributed by atoms with E-state index in [1.807, 2.05) is 19.9 Å². The molecule has 0 fully saturated rings. The van der Waals surface area contributed by atoms with Gasteiger partial charge in [-0.05, 0) is 38.1 Å². The lowest BCUT2D eigenvalue weighted by Crippen LogP contribution is -2.13. The number of hydrogen-bond donors (Lipinski definition) is 1. The minimum atomic E-state index is -0.245. The van der Waals surface area contributed by atoms with Crippen molar-refractivity contribution in [3.8, 4) is 12.3 Å². The fourth-order valence-electron chi connectivity index (χ4n) is 1.52. The predicted molar refractivity (Wildman–Crippen MR) is 67.9 cm³/mol. The monoisotopic (exact) mass is 261 g/mol. The summed E-state index contributed by atoms with van der Waals surface area (Å²) < 4.78 is 1.08. The molecule has 1 heterocycles. The molecule has 1 N–H and O–H groups in total. The molecule has 15 heavy (non-hydrogen) atoms. The maximum absolute atomic E-state index is 5.51. The highest BCUT2D eigenvalue weighted by Gasteiger charge is 2.19. The van der Waals surface area contributed by atoms with Crippen molar-refractivity contribution >= 4 is 26.8 Å². The van der Waals surface area contributed by atoms with Crippen LogP contribution in [0.5, 0.6) is 0 Å². The van der Waals surface area contributed by atoms with E-state index in [4.69, 9.17) is 6.42 Å². The van der Waals surface area contributed by atoms with Crippen molar-refractivity contribution in [2.24, 2.45) is 0 Å². The molecule has 0 aliphatic rings. The van der Waals surface area contributed by atoms with E-state index in [0.29, 0.717) is 0 Å². The molecule has 0 amide bonds. The molecule has 76 valence electrons. The third kappa shape index (κ3) is 1.80. The van der Waals surface area contributed by atoms with Crippen molar-refractivity contribution in [3.05, 3.63) is 34.4 Å². The predicted octanol–water partition coefficient (Wildman–Crippen LogP) is 3.84. The molecule has 0 saturated carbocycles. The summed E-state index contributed by atoms with van der Waals surface area (Å²) in [7, 11) is 0. The highest BCUT2D eigenvalue weighted by molar-refractivity contribution is 9.10. The first kappa shape index (κ1) is 10.3. The van der Waals surface area contributed by atoms with Crippen molar-refractivity contribution in [1.82, 2.24) is 4.98 Å². The van der Waals surface area contributed by atoms with Crippen LogP contribution in [0.25, 0.3) is 10.9 Å². The number of rotatable bonds is 1. The number of aromatic nitrogens is 1. The van der Waals surface area contributed by atoms with E-state index in [1.165, 1.54) is 5.39 Å². The Labute approximate surface area is 98.0 Å². The van der Waals surface area contributed by atoms with Crippen molar-refractivity contribution < 1.29 is 0 Å². The highest BCUT2D eigenvalue weighted by Crippen LogP contribution is 2.27. The van der Waals surface area contributed by atoms with Gasteiger partial charge in [0.05, 0.1) is 5.41 Å². The molecular formula is C13H12BrN. The van der Waals surface area contributed by atoms with Crippen LogP contribution in [0.15, 0.2) is 28.7 Å². The van der Waals surface area contributed by atoms with Gasteiger partial charge in [0.1, 0.15) is 0 Å². The van der Waals surface area contributed by atoms with Gasteiger partial charge in [0.15, 0.2) is 0 Å². The number of halogens is 1. The maximum Gasteiger partial charge on any atom is 0.0654 e. The number of hydrogen-bond acceptors (Lipinski definition) is 0. The number of terminal acetylenes is 1. The summed E-state index contributed by atoms with van der Waals surface area (Å²) in [5.74, 6) is 2.79. The zero-order chi connectivity index (χ0) is 11.1. The number of H-pyrrole nitrogens is 1. The summed E-state index contributed by atoms with van der Waals surface area (Å²) in [6, 6.07) is 8.27. The molecule has 0 unspecified atom stereocenters. The largest absolute Gasteiger partial charge is 0.357 e. The topological polar surface area (TPSA) is 15.8 Å². The van der Waals surface area contributed by atoms with Gasteiger partial charge < -0.3 is 4.98 Å². The minimum absolute atomic E-state index is 0.245. The van der Waals surface area contributed by atoms with Gasteiger partial charge in [0, 0.05) is 21.1 Å². The van der Waals surface area contributed by atoms with Gasteiger partial charge in [-0.3, -0.25) is 0 Å². The van der Waals surface area contributed by atoms with Crippen molar-refractivity contribution in [3.63, 3.8) is 0 Å². The van der Waals surface area contributed by atoms with Gasteiger partial charge in [-0.1, -0.05) is 21.9 Å². The molecule has 0 aliphatic carbocycles. The van der Waals surface area contributed by atoms with Crippen LogP contribution in [0.1, 0.15) is 19.5 Å². The van der Waals surface area contributed by atoms with E-state index in [9.17, 15) is 0 Å². The Balaban J connectivity index is 2.63. The summed E-state index contributed by atoms with van der Waals surface area (Å²) in [6.07, 6.45) is 5.51. The minimum Gasteiger partial charge on any atom is -0.357 e. The number of nitrogens with one attached hydrogen (secondary N) is 1. The van der Waals surface area contributed by atoms with E-state index in [0.717, 1.165) is 15.7 Å². The van der Waals surface area contributed by atoms with Crippen LogP contribution >= 0.6 is 15.9 Å². The molecule has 2 aromatic rings. The fraction of sp³-hybridized carbons (Fsp3) is 0.231. The van der Waals surface area contributed by atoms with Crippen molar-refractivity contribution in [2.45, 2.75) is 19.3 Å². The van der Waals surface area contributed by atoms with Gasteiger partial charge in [-0.15, -0.1) is 6.42 Å². The molecule has 1 nitrogen and oxygen atoms in total. The first-order chi connectivity index (χ1) is 7.03. The highest BCUT2D eigenvalue weighted by atomic mass is 79.9. The molecule has 0 saturated heterocycles. The molecule has 1 aromatic heterocycles. The summed E-state index contributed by atoms with van der Waals surface area (Å²) in [6.45, 7) is 4.07. The molecule has 0 aliphatic heterocycles. The van der Waals surface area contributed by atoms with E-state index in [1.54, 1.807) is 0 Å². The zero-order valence-electron chi connectivity index (χ0n) is 8.76. The smallest absolute Gasteiger partial charge is 0.0654 e. The average Bonchev–Trinajstić information content (AvgIpc) is 2.61. The molecule has 0 radical (unpaired) electrons. The molecule has 0 bridgehead atoms. The summed E-state index contributed by atoms with van der Waals surface area (Å²) in [4.78, 5) is 3.35. The first-order valence-corrected chi connectivity index (χ1v) is 5.59. The molecule has 2 heteroatoms. The molecular weight excluding hydrogens is 250 g/mol. The first-order valence-electron chi connectivity index (χ1n) is 4.79. The van der Waals surface area contributed by atoms with Gasteiger partial charge in [0.2, 0.25) is 0 Å². The Kier molecular flexibility index (Phi) is 2.36. The number of fused-ring (bicyclic) bond motifs is 1. The van der Waals surface area contributed by atoms with Crippen LogP contribution in [-0.2, 0) is 5.41 Å². The van der Waals surface area contributed by atoms with Crippen LogP contribution in [0.3, 0.4) is 0 Å². The lowest BCUT2D eigenvalue weighted by molar-refractivity contribution is 0.678. The van der Waals surface area contributed by atoms with Gasteiger partial charge in [0.25, 0.3) is 0 Å². The van der Waals surface area contributed by atoms with E-state index in [2.05, 4.69) is 45.0 Å². The van der Waals surface area contributed by atoms with Crippen LogP contribution in [0, 0.1) is 12.3 Å². The summed E-state index contributed by atoms with van der Waals surface area (Å²) in [5, 5.41) is 1.18. The van der Waals surface area contributed by atoms with Crippen LogP contribution in [0.2, 0.25) is 0 Å². The quantitative estimate of drug-likeness (QED) is 0.751. The normalized spacial score (nSPS) is 11.6. The van der Waals surface area contributed by atoms with Crippen molar-refractivity contribution in [1.29, 1.82) is 0 Å². The summed E-state index contributed by atoms with van der Waals surface area (Å²) in [5.41, 5.74) is 1.96. The maximum atomic E-state index is 5.51. The second-order valence-corrected chi connectivity index (χ2v) is 5.10. The van der Waals surface area contributed by atoms with Crippen molar-refractivity contribution in [2.75, 3.05) is 0 Å². The molecule has 0 spiro atoms. The molecule has 2 rings (SSSR count). The Morgan fingerprint density at radius 3 is 2.73 bits per heavy atom. The van der Waals surface area contributed by atoms with Gasteiger partial charge >= 0.3 is 0 Å². The van der Waals surface area contributed by atoms with E-state index < -0.39 is 0 Å². The van der Waals surface area contributed by atoms with Gasteiger partial charge in [-0.25, -0.2) is 0 Å². The van der Waals surface area contributed by atoms with Crippen LogP contribution in [-0.4, -0.2) is 4.98 Å². The molecule has 1 aromatic carbocycles. The van der Waals surface area contributed by atoms with Crippen LogP contribution in [0.4, 0.5) is 0 Å². The molecule has 0 atom stereocenters. The van der Waals surface area contributed by atoms with E-state index >= 15 is 0 Å². The second-order valence-electron chi connectivity index (χ2n) is 4.18. The van der Waals surface area contributed by atoms with Crippen LogP contribution < -0.4 is 0 Å². The Hall–Kier alpha value is -1.20. The average molecular weight is 262 g/mol. The SMILES string of the molecule is C#CC(C)(C)c1cc2cc(Br)ccc2[nH]1. The van der Waals surface area contributed by atoms with Gasteiger partial charge in [-0.2, -0.15) is 0 Å². The Morgan fingerprint density at radius 1 is 1.33 bits per heavy atom. The Bertz CT molecular complexity index is 543. The summed E-state index contributed by atoms with van der Waals surface area (Å²) >= 11 is 3.45. The Morgan fingerprint density at radius 2 is 2.07 bits per heavy atom. The standard InChI is InChI=1S/C13H12BrN/c1-4-13(2,3)12-8-9-7-10(14)5-6-11(9)15-12/h1,5-8,15H,2-3H3. The fourth-order valence-corrected chi connectivity index (χ4v) is 1.90.